The first kappa shape index (κ1) is 16.5. The topological polar surface area (TPSA) is 76.3 Å². The summed E-state index contributed by atoms with van der Waals surface area (Å²) in [7, 11) is 2.13. The molecule has 6 nitrogen and oxygen atoms in total. The summed E-state index contributed by atoms with van der Waals surface area (Å²) in [6, 6.07) is 0.563. The molecule has 0 fully saturated rings. The van der Waals surface area contributed by atoms with E-state index in [1.165, 1.54) is 6.33 Å². The molecule has 0 saturated heterocycles. The van der Waals surface area contributed by atoms with Crippen LogP contribution in [-0.4, -0.2) is 47.7 Å². The molecule has 0 amide bonds. The lowest BCUT2D eigenvalue weighted by atomic mass is 10.3. The highest BCUT2D eigenvalue weighted by atomic mass is 16.5. The van der Waals surface area contributed by atoms with Crippen molar-refractivity contribution in [2.75, 3.05) is 37.8 Å². The lowest BCUT2D eigenvalue weighted by molar-refractivity contribution is 0.273. The van der Waals surface area contributed by atoms with Crippen LogP contribution >= 0.6 is 0 Å². The first-order valence-electron chi connectivity index (χ1n) is 7.23. The molecule has 1 aromatic heterocycles. The smallest absolute Gasteiger partial charge is 0.242 e. The molecule has 1 heterocycles. The third-order valence-electron chi connectivity index (χ3n) is 3.15. The van der Waals surface area contributed by atoms with Crippen molar-refractivity contribution in [1.82, 2.24) is 14.9 Å². The summed E-state index contributed by atoms with van der Waals surface area (Å²) < 4.78 is 5.48. The van der Waals surface area contributed by atoms with Crippen molar-refractivity contribution in [3.05, 3.63) is 6.33 Å². The molecule has 6 heteroatoms. The van der Waals surface area contributed by atoms with E-state index in [1.54, 1.807) is 0 Å². The SMILES string of the molecule is CCCOc1ncnc(NCCCN(C)C(C)C)c1N. The summed E-state index contributed by atoms with van der Waals surface area (Å²) >= 11 is 0. The Hall–Kier alpha value is -1.56. The lowest BCUT2D eigenvalue weighted by Crippen LogP contribution is -2.28. The van der Waals surface area contributed by atoms with Gasteiger partial charge in [0.1, 0.15) is 12.0 Å². The molecule has 0 atom stereocenters. The van der Waals surface area contributed by atoms with Gasteiger partial charge in [-0.3, -0.25) is 0 Å². The van der Waals surface area contributed by atoms with Gasteiger partial charge in [-0.1, -0.05) is 6.92 Å². The summed E-state index contributed by atoms with van der Waals surface area (Å²) in [6.07, 6.45) is 3.43. The van der Waals surface area contributed by atoms with Gasteiger partial charge in [-0.05, 0) is 40.3 Å². The highest BCUT2D eigenvalue weighted by Gasteiger charge is 2.09. The summed E-state index contributed by atoms with van der Waals surface area (Å²) in [5.74, 6) is 1.11. The molecule has 3 N–H and O–H groups in total. The predicted octanol–water partition coefficient (Wildman–Crippen LogP) is 1.99. The van der Waals surface area contributed by atoms with Gasteiger partial charge in [0.15, 0.2) is 5.82 Å². The van der Waals surface area contributed by atoms with Gasteiger partial charge in [0.2, 0.25) is 5.88 Å². The van der Waals surface area contributed by atoms with E-state index in [0.717, 1.165) is 25.9 Å². The Labute approximate surface area is 121 Å². The van der Waals surface area contributed by atoms with E-state index >= 15 is 0 Å². The van der Waals surface area contributed by atoms with Crippen LogP contribution in [0.4, 0.5) is 11.5 Å². The fourth-order valence-corrected chi connectivity index (χ4v) is 1.63. The maximum absolute atomic E-state index is 5.99. The van der Waals surface area contributed by atoms with Crippen LogP contribution < -0.4 is 15.8 Å². The molecule has 1 rings (SSSR count). The predicted molar refractivity (Wildman–Crippen MR) is 83.1 cm³/mol. The van der Waals surface area contributed by atoms with Crippen molar-refractivity contribution in [2.45, 2.75) is 39.7 Å². The molecular weight excluding hydrogens is 254 g/mol. The molecule has 0 radical (unpaired) electrons. The van der Waals surface area contributed by atoms with Crippen LogP contribution in [0.15, 0.2) is 6.33 Å². The van der Waals surface area contributed by atoms with Gasteiger partial charge in [0, 0.05) is 12.6 Å². The van der Waals surface area contributed by atoms with Crippen LogP contribution in [0.5, 0.6) is 5.88 Å². The number of ether oxygens (including phenoxy) is 1. The van der Waals surface area contributed by atoms with Crippen LogP contribution in [0.25, 0.3) is 0 Å². The van der Waals surface area contributed by atoms with Crippen molar-refractivity contribution in [3.63, 3.8) is 0 Å². The van der Waals surface area contributed by atoms with Gasteiger partial charge in [-0.15, -0.1) is 0 Å². The molecule has 0 saturated carbocycles. The van der Waals surface area contributed by atoms with Crippen LogP contribution in [0.1, 0.15) is 33.6 Å². The number of hydrogen-bond acceptors (Lipinski definition) is 6. The van der Waals surface area contributed by atoms with E-state index in [0.29, 0.717) is 30.0 Å². The van der Waals surface area contributed by atoms with Crippen LogP contribution in [0.2, 0.25) is 0 Å². The summed E-state index contributed by atoms with van der Waals surface area (Å²) in [5.41, 5.74) is 6.48. The van der Waals surface area contributed by atoms with Crippen LogP contribution in [-0.2, 0) is 0 Å². The number of nitrogens with one attached hydrogen (secondary N) is 1. The molecule has 0 aromatic carbocycles. The number of anilines is 2. The van der Waals surface area contributed by atoms with Gasteiger partial charge in [-0.2, -0.15) is 4.98 Å². The minimum absolute atomic E-state index is 0.462. The number of nitrogens with zero attached hydrogens (tertiary/aromatic N) is 3. The second-order valence-corrected chi connectivity index (χ2v) is 5.14. The Kier molecular flexibility index (Phi) is 7.08. The number of nitrogen functional groups attached to an aromatic ring is 1. The quantitative estimate of drug-likeness (QED) is 0.674. The monoisotopic (exact) mass is 281 g/mol. The van der Waals surface area contributed by atoms with E-state index in [1.807, 2.05) is 6.92 Å². The first-order chi connectivity index (χ1) is 9.56. The summed E-state index contributed by atoms with van der Waals surface area (Å²) in [5, 5.41) is 3.24. The maximum atomic E-state index is 5.99. The Morgan fingerprint density at radius 2 is 2.15 bits per heavy atom. The van der Waals surface area contributed by atoms with Crippen molar-refractivity contribution >= 4 is 11.5 Å². The van der Waals surface area contributed by atoms with E-state index < -0.39 is 0 Å². The normalized spacial score (nSPS) is 11.1. The van der Waals surface area contributed by atoms with Crippen molar-refractivity contribution in [3.8, 4) is 5.88 Å². The fourth-order valence-electron chi connectivity index (χ4n) is 1.63. The second-order valence-electron chi connectivity index (χ2n) is 5.14. The molecular formula is C14H27N5O. The Morgan fingerprint density at radius 1 is 1.40 bits per heavy atom. The van der Waals surface area contributed by atoms with E-state index in [9.17, 15) is 0 Å². The number of rotatable bonds is 9. The molecule has 1 aromatic rings. The highest BCUT2D eigenvalue weighted by molar-refractivity contribution is 5.66. The fraction of sp³-hybridized carbons (Fsp3) is 0.714. The highest BCUT2D eigenvalue weighted by Crippen LogP contribution is 2.24. The Balaban J connectivity index is 2.44. The first-order valence-corrected chi connectivity index (χ1v) is 7.23. The number of hydrogen-bond donors (Lipinski definition) is 2. The Morgan fingerprint density at radius 3 is 2.80 bits per heavy atom. The van der Waals surface area contributed by atoms with Gasteiger partial charge >= 0.3 is 0 Å². The molecule has 0 bridgehead atoms. The maximum Gasteiger partial charge on any atom is 0.242 e. The van der Waals surface area contributed by atoms with Crippen molar-refractivity contribution in [2.24, 2.45) is 0 Å². The van der Waals surface area contributed by atoms with Gasteiger partial charge in [-0.25, -0.2) is 4.98 Å². The number of aromatic nitrogens is 2. The van der Waals surface area contributed by atoms with E-state index in [-0.39, 0.29) is 0 Å². The molecule has 114 valence electrons. The van der Waals surface area contributed by atoms with E-state index in [4.69, 9.17) is 10.5 Å². The molecule has 0 aliphatic carbocycles. The van der Waals surface area contributed by atoms with Gasteiger partial charge < -0.3 is 20.7 Å². The summed E-state index contributed by atoms with van der Waals surface area (Å²) in [4.78, 5) is 10.5. The standard InChI is InChI=1S/C14H27N5O/c1-5-9-20-14-12(15)13(17-10-18-14)16-7-6-8-19(4)11(2)3/h10-11H,5-9,15H2,1-4H3,(H,16,17,18). The van der Waals surface area contributed by atoms with Gasteiger partial charge in [0.25, 0.3) is 0 Å². The zero-order valence-electron chi connectivity index (χ0n) is 13.0. The lowest BCUT2D eigenvalue weighted by Gasteiger charge is -2.20. The third-order valence-corrected chi connectivity index (χ3v) is 3.15. The molecule has 20 heavy (non-hydrogen) atoms. The minimum Gasteiger partial charge on any atom is -0.476 e. The zero-order valence-corrected chi connectivity index (χ0v) is 13.0. The average Bonchev–Trinajstić information content (AvgIpc) is 2.43. The van der Waals surface area contributed by atoms with Crippen molar-refractivity contribution in [1.29, 1.82) is 0 Å². The minimum atomic E-state index is 0.462. The molecule has 0 aliphatic heterocycles. The molecule has 0 spiro atoms. The largest absolute Gasteiger partial charge is 0.476 e. The van der Waals surface area contributed by atoms with Crippen LogP contribution in [0, 0.1) is 0 Å². The van der Waals surface area contributed by atoms with Crippen molar-refractivity contribution < 1.29 is 4.74 Å². The summed E-state index contributed by atoms with van der Waals surface area (Å²) in [6.45, 7) is 8.89. The van der Waals surface area contributed by atoms with E-state index in [2.05, 4.69) is 41.1 Å². The Bertz CT molecular complexity index is 397. The number of nitrogens with two attached hydrogens (primary N) is 1. The second kappa shape index (κ2) is 8.58. The third kappa shape index (κ3) is 5.21. The molecule has 0 aliphatic rings. The van der Waals surface area contributed by atoms with Gasteiger partial charge in [0.05, 0.1) is 6.61 Å². The van der Waals surface area contributed by atoms with Crippen LogP contribution in [0.3, 0.4) is 0 Å². The average molecular weight is 281 g/mol. The zero-order chi connectivity index (χ0) is 15.0. The molecule has 0 unspecified atom stereocenters.